The van der Waals surface area contributed by atoms with Crippen LogP contribution in [0.25, 0.3) is 66.1 Å². The number of hydrogen-bond acceptors (Lipinski definition) is 1. The normalized spacial score (nSPS) is 14.4. The van der Waals surface area contributed by atoms with Crippen molar-refractivity contribution in [1.82, 2.24) is 0 Å². The third kappa shape index (κ3) is 5.96. The van der Waals surface area contributed by atoms with E-state index in [0.717, 1.165) is 32.0 Å². The van der Waals surface area contributed by atoms with Crippen molar-refractivity contribution < 1.29 is 16.4 Å². The molecule has 0 spiro atoms. The summed E-state index contributed by atoms with van der Waals surface area (Å²) < 4.78 is 113. The summed E-state index contributed by atoms with van der Waals surface area (Å²) in [5.41, 5.74) is 0.763. The largest absolute Gasteiger partial charge is 0.310 e. The minimum absolute atomic E-state index is 0.0364. The van der Waals surface area contributed by atoms with E-state index in [1.165, 1.54) is 0 Å². The van der Waals surface area contributed by atoms with Crippen LogP contribution in [0.15, 0.2) is 212 Å². The van der Waals surface area contributed by atoms with E-state index < -0.39 is 89.6 Å². The number of fused-ring (bicyclic) bond motifs is 2. The fourth-order valence-electron chi connectivity index (χ4n) is 6.39. The van der Waals surface area contributed by atoms with E-state index in [1.807, 2.05) is 84.9 Å². The van der Waals surface area contributed by atoms with Crippen LogP contribution in [0.4, 0.5) is 17.1 Å². The minimum Gasteiger partial charge on any atom is -0.310 e. The third-order valence-electron chi connectivity index (χ3n) is 8.87. The lowest BCUT2D eigenvalue weighted by Gasteiger charge is -2.26. The summed E-state index contributed by atoms with van der Waals surface area (Å²) in [6.45, 7) is 0. The zero-order valence-corrected chi connectivity index (χ0v) is 27.2. The molecular weight excluding hydrogens is 615 g/mol. The van der Waals surface area contributed by atoms with Gasteiger partial charge in [-0.25, -0.2) is 0 Å². The first-order chi connectivity index (χ1) is 30.3. The molecular formula is C50H35N. The van der Waals surface area contributed by atoms with Gasteiger partial charge in [0.2, 0.25) is 0 Å². The summed E-state index contributed by atoms with van der Waals surface area (Å²) in [5, 5.41) is 3.33. The first kappa shape index (κ1) is 20.1. The van der Waals surface area contributed by atoms with E-state index in [4.69, 9.17) is 2.74 Å². The summed E-state index contributed by atoms with van der Waals surface area (Å²) >= 11 is 0. The van der Waals surface area contributed by atoms with Crippen LogP contribution in [-0.2, 0) is 0 Å². The molecule has 1 nitrogen and oxygen atoms in total. The summed E-state index contributed by atoms with van der Waals surface area (Å²) in [4.78, 5) is 0.894. The van der Waals surface area contributed by atoms with Crippen molar-refractivity contribution in [2.75, 3.05) is 4.90 Å². The Labute approximate surface area is 316 Å². The summed E-state index contributed by atoms with van der Waals surface area (Å²) in [6, 6.07) is 34.7. The highest BCUT2D eigenvalue weighted by Gasteiger charge is 2.16. The molecule has 1 heteroatoms. The average molecular weight is 662 g/mol. The second-order valence-corrected chi connectivity index (χ2v) is 12.0. The molecule has 0 saturated heterocycles. The van der Waals surface area contributed by atoms with Gasteiger partial charge in [0, 0.05) is 17.1 Å². The quantitative estimate of drug-likeness (QED) is 0.164. The standard InChI is InChI=1S/C50H35N/c1-3-12-36(13-4-1)38-24-29-45(30-25-38)51(47-20-11-19-43(35-47)44-23-22-37-14-7-8-18-42(37)34-44)46-31-26-40(27-32-46)49-33-28-39-15-9-10-21-48(39)50(49)41-16-5-2-6-17-41/h1-35H/i11D,19D,20D,24D,25D,26D,27D,29D,30D,31D,32D,35D. The number of rotatable bonds is 7. The van der Waals surface area contributed by atoms with E-state index in [2.05, 4.69) is 0 Å². The van der Waals surface area contributed by atoms with Gasteiger partial charge in [-0.05, 0) is 108 Å². The second-order valence-electron chi connectivity index (χ2n) is 12.0. The molecule has 51 heavy (non-hydrogen) atoms. The molecule has 0 aliphatic carbocycles. The number of anilines is 3. The predicted octanol–water partition coefficient (Wildman–Crippen LogP) is 14.1. The maximum Gasteiger partial charge on any atom is 0.0651 e. The van der Waals surface area contributed by atoms with Crippen molar-refractivity contribution >= 4 is 38.6 Å². The van der Waals surface area contributed by atoms with Crippen molar-refractivity contribution in [2.24, 2.45) is 0 Å². The lowest BCUT2D eigenvalue weighted by Crippen LogP contribution is -2.10. The zero-order valence-electron chi connectivity index (χ0n) is 39.2. The molecule has 0 saturated carbocycles. The van der Waals surface area contributed by atoms with Crippen LogP contribution in [-0.4, -0.2) is 0 Å². The van der Waals surface area contributed by atoms with Gasteiger partial charge in [0.15, 0.2) is 0 Å². The molecule has 9 aromatic carbocycles. The number of hydrogen-bond donors (Lipinski definition) is 0. The van der Waals surface area contributed by atoms with Crippen LogP contribution in [0.3, 0.4) is 0 Å². The van der Waals surface area contributed by atoms with Gasteiger partial charge in [-0.3, -0.25) is 0 Å². The first-order valence-electron chi connectivity index (χ1n) is 22.5. The van der Waals surface area contributed by atoms with Crippen molar-refractivity contribution in [1.29, 1.82) is 0 Å². The van der Waals surface area contributed by atoms with E-state index in [1.54, 1.807) is 54.6 Å². The Morgan fingerprint density at radius 1 is 0.353 bits per heavy atom. The Balaban J connectivity index is 1.39. The van der Waals surface area contributed by atoms with Gasteiger partial charge in [-0.2, -0.15) is 0 Å². The Morgan fingerprint density at radius 2 is 0.941 bits per heavy atom. The van der Waals surface area contributed by atoms with Crippen molar-refractivity contribution in [3.05, 3.63) is 212 Å². The lowest BCUT2D eigenvalue weighted by atomic mass is 9.90. The van der Waals surface area contributed by atoms with E-state index in [-0.39, 0.29) is 16.7 Å². The smallest absolute Gasteiger partial charge is 0.0651 e. The number of benzene rings is 9. The van der Waals surface area contributed by atoms with Crippen LogP contribution in [0.5, 0.6) is 0 Å². The van der Waals surface area contributed by atoms with Crippen molar-refractivity contribution in [3.63, 3.8) is 0 Å². The van der Waals surface area contributed by atoms with Gasteiger partial charge >= 0.3 is 0 Å². The zero-order chi connectivity index (χ0) is 44.4. The van der Waals surface area contributed by atoms with Gasteiger partial charge in [-0.1, -0.05) is 170 Å². The molecule has 240 valence electrons. The van der Waals surface area contributed by atoms with Gasteiger partial charge in [0.25, 0.3) is 0 Å². The molecule has 0 bridgehead atoms. The molecule has 0 radical (unpaired) electrons. The molecule has 0 unspecified atom stereocenters. The van der Waals surface area contributed by atoms with Crippen molar-refractivity contribution in [3.8, 4) is 44.5 Å². The van der Waals surface area contributed by atoms with Crippen LogP contribution in [0.1, 0.15) is 16.4 Å². The Hall–Kier alpha value is -6.70. The molecule has 0 aromatic heterocycles. The topological polar surface area (TPSA) is 3.24 Å². The number of nitrogens with zero attached hydrogens (tertiary/aromatic N) is 1. The fourth-order valence-corrected chi connectivity index (χ4v) is 6.39. The maximum absolute atomic E-state index is 9.75. The average Bonchev–Trinajstić information content (AvgIpc) is 3.30. The molecule has 0 heterocycles. The first-order valence-corrected chi connectivity index (χ1v) is 16.5. The fraction of sp³-hybridized carbons (Fsp3) is 0. The van der Waals surface area contributed by atoms with E-state index >= 15 is 0 Å². The van der Waals surface area contributed by atoms with E-state index in [0.29, 0.717) is 22.3 Å². The van der Waals surface area contributed by atoms with Gasteiger partial charge in [0.05, 0.1) is 16.4 Å². The van der Waals surface area contributed by atoms with Crippen LogP contribution in [0, 0.1) is 0 Å². The Morgan fingerprint density at radius 3 is 1.67 bits per heavy atom. The molecule has 0 aliphatic heterocycles. The molecule has 0 amide bonds. The highest BCUT2D eigenvalue weighted by atomic mass is 15.1. The Kier molecular flexibility index (Phi) is 5.24. The SMILES string of the molecule is [2H]c1c([2H])c(-c2ccc3ccccc3c2)c([2H])c(N(c2c([2H])c([2H])c(-c3ccccc3)c([2H])c2[2H])c2c([2H])c([2H])c(-c3ccc4ccccc4c3-c3ccccc3)c([2H])c2[2H])c1[2H]. The van der Waals surface area contributed by atoms with Crippen LogP contribution < -0.4 is 4.90 Å². The molecule has 0 fully saturated rings. The highest BCUT2D eigenvalue weighted by molar-refractivity contribution is 6.04. The van der Waals surface area contributed by atoms with Gasteiger partial charge < -0.3 is 4.90 Å². The second kappa shape index (κ2) is 13.3. The molecule has 0 atom stereocenters. The lowest BCUT2D eigenvalue weighted by molar-refractivity contribution is 1.28. The molecule has 9 aromatic rings. The summed E-state index contributed by atoms with van der Waals surface area (Å²) in [7, 11) is 0. The van der Waals surface area contributed by atoms with Gasteiger partial charge in [-0.15, -0.1) is 0 Å². The van der Waals surface area contributed by atoms with Crippen LogP contribution >= 0.6 is 0 Å². The van der Waals surface area contributed by atoms with Crippen molar-refractivity contribution in [2.45, 2.75) is 0 Å². The summed E-state index contributed by atoms with van der Waals surface area (Å²) in [6.07, 6.45) is 0. The summed E-state index contributed by atoms with van der Waals surface area (Å²) in [5.74, 6) is 0. The molecule has 9 rings (SSSR count). The molecule has 0 N–H and O–H groups in total. The monoisotopic (exact) mass is 661 g/mol. The highest BCUT2D eigenvalue weighted by Crippen LogP contribution is 2.41. The van der Waals surface area contributed by atoms with E-state index in [9.17, 15) is 13.7 Å². The molecule has 0 aliphatic rings. The maximum atomic E-state index is 9.75. The Bertz CT molecular complexity index is 3260. The minimum atomic E-state index is -0.722. The third-order valence-corrected chi connectivity index (χ3v) is 8.87. The van der Waals surface area contributed by atoms with Crippen LogP contribution in [0.2, 0.25) is 0 Å². The predicted molar refractivity (Wildman–Crippen MR) is 218 cm³/mol. The van der Waals surface area contributed by atoms with Gasteiger partial charge in [0.1, 0.15) is 0 Å².